The Labute approximate surface area is 290 Å². The van der Waals surface area contributed by atoms with Crippen LogP contribution in [0.25, 0.3) is 10.2 Å². The third-order valence-electron chi connectivity index (χ3n) is 9.48. The number of H-pyrrole nitrogens is 1. The van der Waals surface area contributed by atoms with Crippen LogP contribution in [-0.4, -0.2) is 64.2 Å². The maximum Gasteiger partial charge on any atom is 0.305 e. The molecule has 0 aliphatic heterocycles. The molecule has 5 N–H and O–H groups in total. The average molecular weight is 684 g/mol. The molecule has 0 spiro atoms. The number of hydrogen-bond donors (Lipinski definition) is 5. The first kappa shape index (κ1) is 34.6. The highest BCUT2D eigenvalue weighted by atomic mass is 32.1. The molecule has 1 fully saturated rings. The minimum atomic E-state index is -1.26. The summed E-state index contributed by atoms with van der Waals surface area (Å²) in [5, 5.41) is 28.5. The van der Waals surface area contributed by atoms with E-state index in [2.05, 4.69) is 25.5 Å². The van der Waals surface area contributed by atoms with Gasteiger partial charge in [-0.15, -0.1) is 0 Å². The molecule has 2 heterocycles. The molecular weight excluding hydrogens is 639 g/mol. The number of benzene rings is 3. The topological polar surface area (TPSA) is 144 Å². The Kier molecular flexibility index (Phi) is 11.3. The van der Waals surface area contributed by atoms with Crippen LogP contribution in [-0.2, 0) is 25.0 Å². The fraction of sp³-hybridized carbons (Fsp3) is 0.395. The molecule has 1 aliphatic rings. The number of rotatable bonds is 15. The van der Waals surface area contributed by atoms with E-state index >= 15 is 0 Å². The quantitative estimate of drug-likeness (QED) is 0.0932. The van der Waals surface area contributed by atoms with Gasteiger partial charge in [0.05, 0.1) is 17.4 Å². The highest BCUT2D eigenvalue weighted by molar-refractivity contribution is 7.16. The van der Waals surface area contributed by atoms with Gasteiger partial charge in [-0.2, -0.15) is 0 Å². The van der Waals surface area contributed by atoms with Gasteiger partial charge in [-0.3, -0.25) is 14.5 Å². The summed E-state index contributed by atoms with van der Waals surface area (Å²) in [6.45, 7) is 3.06. The zero-order valence-corrected chi connectivity index (χ0v) is 28.7. The number of thiazole rings is 1. The van der Waals surface area contributed by atoms with Crippen molar-refractivity contribution in [2.24, 2.45) is 5.92 Å². The van der Waals surface area contributed by atoms with E-state index in [1.807, 2.05) is 67.7 Å². The molecule has 3 aromatic carbocycles. The lowest BCUT2D eigenvalue weighted by atomic mass is 9.73. The first-order valence-electron chi connectivity index (χ1n) is 17.1. The number of fused-ring (bicyclic) bond motifs is 1. The van der Waals surface area contributed by atoms with Gasteiger partial charge in [0.25, 0.3) is 5.91 Å². The van der Waals surface area contributed by atoms with Crippen LogP contribution in [0, 0.1) is 5.92 Å². The van der Waals surface area contributed by atoms with Gasteiger partial charge in [-0.1, -0.05) is 79.1 Å². The van der Waals surface area contributed by atoms with Crippen LogP contribution in [0.15, 0.2) is 82.1 Å². The van der Waals surface area contributed by atoms with E-state index in [0.717, 1.165) is 84.3 Å². The minimum Gasteiger partial charge on any atom is -0.506 e. The van der Waals surface area contributed by atoms with Crippen LogP contribution in [0.1, 0.15) is 70.8 Å². The van der Waals surface area contributed by atoms with Gasteiger partial charge < -0.3 is 30.2 Å². The van der Waals surface area contributed by atoms with Gasteiger partial charge in [0.15, 0.2) is 5.60 Å². The van der Waals surface area contributed by atoms with Crippen molar-refractivity contribution in [2.45, 2.75) is 57.1 Å². The van der Waals surface area contributed by atoms with Crippen molar-refractivity contribution in [1.82, 2.24) is 25.5 Å². The van der Waals surface area contributed by atoms with E-state index in [1.165, 1.54) is 6.42 Å². The summed E-state index contributed by atoms with van der Waals surface area (Å²) in [5.74, 6) is 1.05. The fourth-order valence-corrected chi connectivity index (χ4v) is 7.73. The van der Waals surface area contributed by atoms with Crippen LogP contribution < -0.4 is 15.5 Å². The summed E-state index contributed by atoms with van der Waals surface area (Å²) in [6, 6.07) is 20.9. The largest absolute Gasteiger partial charge is 0.506 e. The molecule has 0 radical (unpaired) electrons. The van der Waals surface area contributed by atoms with E-state index in [1.54, 1.807) is 12.3 Å². The molecule has 49 heavy (non-hydrogen) atoms. The van der Waals surface area contributed by atoms with Crippen molar-refractivity contribution in [2.75, 3.05) is 33.2 Å². The van der Waals surface area contributed by atoms with Crippen LogP contribution in [0.4, 0.5) is 0 Å². The number of likely N-dealkylation sites (N-methyl/N-ethyl adjacent to an activating group) is 1. The first-order chi connectivity index (χ1) is 23.8. The van der Waals surface area contributed by atoms with Gasteiger partial charge >= 0.3 is 4.87 Å². The van der Waals surface area contributed by atoms with E-state index in [-0.39, 0.29) is 22.4 Å². The third kappa shape index (κ3) is 8.30. The molecule has 6 rings (SSSR count). The smallest absolute Gasteiger partial charge is 0.305 e. The normalized spacial score (nSPS) is 15.1. The van der Waals surface area contributed by atoms with Crippen molar-refractivity contribution in [3.8, 4) is 5.75 Å². The summed E-state index contributed by atoms with van der Waals surface area (Å²) in [5.41, 5.74) is 2.76. The zero-order chi connectivity index (χ0) is 34.2. The number of hydrogen-bond acceptors (Lipinski definition) is 9. The number of carbonyl (C=O) groups excluding carboxylic acids is 1. The summed E-state index contributed by atoms with van der Waals surface area (Å²) < 4.78 is 7.01. The number of amides is 1. The molecule has 10 nitrogen and oxygen atoms in total. The number of aromatic amines is 1. The maximum atomic E-state index is 13.0. The molecule has 258 valence electrons. The van der Waals surface area contributed by atoms with Crippen molar-refractivity contribution >= 4 is 27.5 Å². The van der Waals surface area contributed by atoms with Crippen LogP contribution in [0.2, 0.25) is 0 Å². The molecule has 1 unspecified atom stereocenters. The van der Waals surface area contributed by atoms with E-state index in [4.69, 9.17) is 4.42 Å². The number of aromatic hydroxyl groups is 1. The average Bonchev–Trinajstić information content (AvgIpc) is 3.77. The second-order valence-corrected chi connectivity index (χ2v) is 14.0. The molecule has 0 saturated heterocycles. The predicted molar refractivity (Wildman–Crippen MR) is 192 cm³/mol. The van der Waals surface area contributed by atoms with Crippen LogP contribution in [0.3, 0.4) is 0 Å². The first-order valence-corrected chi connectivity index (χ1v) is 18.0. The number of aliphatic hydroxyl groups is 1. The van der Waals surface area contributed by atoms with Gasteiger partial charge in [0.1, 0.15) is 17.0 Å². The molecule has 5 aromatic rings. The summed E-state index contributed by atoms with van der Waals surface area (Å²) in [4.78, 5) is 33.9. The van der Waals surface area contributed by atoms with E-state index in [0.29, 0.717) is 42.4 Å². The van der Waals surface area contributed by atoms with Crippen molar-refractivity contribution in [1.29, 1.82) is 0 Å². The lowest BCUT2D eigenvalue weighted by Gasteiger charge is -2.36. The van der Waals surface area contributed by atoms with Gasteiger partial charge in [-0.05, 0) is 80.7 Å². The molecule has 0 bridgehead atoms. The third-order valence-corrected chi connectivity index (χ3v) is 10.4. The fourth-order valence-electron chi connectivity index (χ4n) is 6.83. The molecule has 1 aliphatic carbocycles. The Balaban J connectivity index is 0.951. The second kappa shape index (κ2) is 15.9. The van der Waals surface area contributed by atoms with Gasteiger partial charge in [0, 0.05) is 24.6 Å². The van der Waals surface area contributed by atoms with E-state index in [9.17, 15) is 19.8 Å². The number of phenolic OH excluding ortho intramolecular Hbond substituents is 1. The number of phenols is 1. The molecular formula is C38H45N5O5S. The monoisotopic (exact) mass is 683 g/mol. The molecule has 1 saturated carbocycles. The highest BCUT2D eigenvalue weighted by Gasteiger charge is 2.44. The Morgan fingerprint density at radius 1 is 1.04 bits per heavy atom. The lowest BCUT2D eigenvalue weighted by Crippen LogP contribution is -2.38. The Hall–Kier alpha value is -4.29. The highest BCUT2D eigenvalue weighted by Crippen LogP contribution is 2.43. The number of oxazole rings is 1. The van der Waals surface area contributed by atoms with Crippen molar-refractivity contribution in [3.05, 3.63) is 116 Å². The summed E-state index contributed by atoms with van der Waals surface area (Å²) in [7, 11) is 1.97. The number of nitrogens with zero attached hydrogens (tertiary/aromatic N) is 2. The second-order valence-electron chi connectivity index (χ2n) is 13.0. The standard InChI is InChI=1S/C38H45N5O5S/c1-43(25-31-24-41-36(48-31)38(47,29-11-4-2-5-12-29)30-13-6-3-7-14-30)22-21-40-35(45)28-10-8-9-26(23-28)17-19-39-20-18-27-15-16-32(44)33-34(27)49-37(46)42-33/h2,4-5,8-12,15-16,23-24,30,39,44,47H,3,6-7,13-14,17-22,25H2,1H3,(H,40,45)(H,42,46). The number of aromatic nitrogens is 2. The number of carbonyl (C=O) groups is 1. The summed E-state index contributed by atoms with van der Waals surface area (Å²) in [6.07, 6.45) is 8.47. The Bertz CT molecular complexity index is 1900. The van der Waals surface area contributed by atoms with Gasteiger partial charge in [-0.25, -0.2) is 4.98 Å². The van der Waals surface area contributed by atoms with Crippen molar-refractivity contribution in [3.63, 3.8) is 0 Å². The zero-order valence-electron chi connectivity index (χ0n) is 27.9. The molecule has 11 heteroatoms. The lowest BCUT2D eigenvalue weighted by molar-refractivity contribution is -0.0242. The maximum absolute atomic E-state index is 13.0. The minimum absolute atomic E-state index is 0.0567. The Morgan fingerprint density at radius 2 is 1.84 bits per heavy atom. The van der Waals surface area contributed by atoms with Crippen LogP contribution >= 0.6 is 11.3 Å². The SMILES string of the molecule is CN(CCNC(=O)c1cccc(CCNCCc2ccc(O)c3[nH]c(=O)sc23)c1)Cc1cnc(C(O)(c2ccccc2)C2CCCCC2)o1. The Morgan fingerprint density at radius 3 is 2.65 bits per heavy atom. The molecule has 2 aromatic heterocycles. The number of nitrogens with one attached hydrogen (secondary N) is 3. The van der Waals surface area contributed by atoms with Gasteiger partial charge in [0.2, 0.25) is 5.89 Å². The molecule has 1 atom stereocenters. The molecule has 1 amide bonds. The predicted octanol–water partition coefficient (Wildman–Crippen LogP) is 5.34. The van der Waals surface area contributed by atoms with E-state index < -0.39 is 5.60 Å². The van der Waals surface area contributed by atoms with Crippen LogP contribution in [0.5, 0.6) is 5.75 Å². The summed E-state index contributed by atoms with van der Waals surface area (Å²) >= 11 is 1.12. The van der Waals surface area contributed by atoms with Crippen molar-refractivity contribution < 1.29 is 19.4 Å².